The molecule has 236 valence electrons. The number of ether oxygens (including phenoxy) is 3. The number of likely N-dealkylation sites (N-methyl/N-ethyl adjacent to an activating group) is 1. The first kappa shape index (κ1) is 33.6. The van der Waals surface area contributed by atoms with Crippen LogP contribution >= 0.6 is 0 Å². The minimum atomic E-state index is -0.895. The number of nitro groups is 2. The van der Waals surface area contributed by atoms with Gasteiger partial charge in [0, 0.05) is 37.9 Å². The minimum Gasteiger partial charge on any atom is -0.444 e. The maximum atomic E-state index is 12.9. The minimum absolute atomic E-state index is 0.00335. The zero-order valence-corrected chi connectivity index (χ0v) is 24.8. The molecular formula is C30H30N4O11. The van der Waals surface area contributed by atoms with E-state index in [-0.39, 0.29) is 53.5 Å². The standard InChI is InChI=1S/C30H30N4O11/c1-30(2,3)45-29(38)32(4)18-26(35)31-16-15-19-5-14-24(43-27(36)20-6-10-22(11-7-20)33(39)40)25(17-19)44-28(37)21-8-12-23(13-9-21)34(41)42/h5-14,17H,15-16,18H2,1-4H3,(H,31,35). The predicted octanol–water partition coefficient (Wildman–Crippen LogP) is 4.47. The molecule has 15 heteroatoms. The molecule has 45 heavy (non-hydrogen) atoms. The summed E-state index contributed by atoms with van der Waals surface area (Å²) < 4.78 is 16.1. The van der Waals surface area contributed by atoms with Gasteiger partial charge in [-0.05, 0) is 69.2 Å². The van der Waals surface area contributed by atoms with Gasteiger partial charge in [-0.3, -0.25) is 25.0 Å². The third kappa shape index (κ3) is 10.1. The van der Waals surface area contributed by atoms with Gasteiger partial charge in [0.2, 0.25) is 5.91 Å². The van der Waals surface area contributed by atoms with Crippen molar-refractivity contribution < 1.29 is 43.2 Å². The monoisotopic (exact) mass is 622 g/mol. The molecule has 3 aromatic carbocycles. The molecule has 0 aliphatic carbocycles. The van der Waals surface area contributed by atoms with Crippen LogP contribution < -0.4 is 14.8 Å². The van der Waals surface area contributed by atoms with Crippen LogP contribution in [0.4, 0.5) is 16.2 Å². The van der Waals surface area contributed by atoms with Crippen LogP contribution in [-0.2, 0) is 16.0 Å². The van der Waals surface area contributed by atoms with E-state index in [0.717, 1.165) is 29.2 Å². The van der Waals surface area contributed by atoms with Gasteiger partial charge in [-0.15, -0.1) is 0 Å². The van der Waals surface area contributed by atoms with Crippen molar-refractivity contribution in [3.8, 4) is 11.5 Å². The van der Waals surface area contributed by atoms with E-state index in [4.69, 9.17) is 14.2 Å². The van der Waals surface area contributed by atoms with E-state index >= 15 is 0 Å². The van der Waals surface area contributed by atoms with Crippen molar-refractivity contribution in [2.24, 2.45) is 0 Å². The van der Waals surface area contributed by atoms with E-state index in [1.165, 1.54) is 43.4 Å². The lowest BCUT2D eigenvalue weighted by molar-refractivity contribution is -0.385. The fourth-order valence-corrected chi connectivity index (χ4v) is 3.65. The van der Waals surface area contributed by atoms with Crippen molar-refractivity contribution in [2.45, 2.75) is 32.8 Å². The number of esters is 2. The number of carbonyl (C=O) groups is 4. The molecule has 0 atom stereocenters. The molecule has 0 aliphatic heterocycles. The number of hydrogen-bond acceptors (Lipinski definition) is 11. The van der Waals surface area contributed by atoms with Crippen LogP contribution in [0.25, 0.3) is 0 Å². The summed E-state index contributed by atoms with van der Waals surface area (Å²) in [6.45, 7) is 5.01. The van der Waals surface area contributed by atoms with Crippen molar-refractivity contribution in [3.05, 3.63) is 104 Å². The number of benzene rings is 3. The molecule has 3 aromatic rings. The second kappa shape index (κ2) is 14.5. The van der Waals surface area contributed by atoms with E-state index in [1.54, 1.807) is 26.8 Å². The topological polar surface area (TPSA) is 198 Å². The number of non-ortho nitro benzene ring substituents is 2. The highest BCUT2D eigenvalue weighted by molar-refractivity contribution is 5.93. The normalized spacial score (nSPS) is 10.8. The predicted molar refractivity (Wildman–Crippen MR) is 158 cm³/mol. The lowest BCUT2D eigenvalue weighted by Crippen LogP contribution is -2.41. The number of nitrogens with one attached hydrogen (secondary N) is 1. The number of nitro benzene ring substituents is 2. The third-order valence-corrected chi connectivity index (χ3v) is 5.86. The molecule has 0 unspecified atom stereocenters. The Balaban J connectivity index is 1.74. The largest absolute Gasteiger partial charge is 0.444 e. The number of rotatable bonds is 11. The fraction of sp³-hybridized carbons (Fsp3) is 0.267. The van der Waals surface area contributed by atoms with Crippen LogP contribution in [0, 0.1) is 20.2 Å². The fourth-order valence-electron chi connectivity index (χ4n) is 3.65. The Hall–Kier alpha value is -5.86. The first-order valence-corrected chi connectivity index (χ1v) is 13.4. The Labute approximate surface area is 257 Å². The summed E-state index contributed by atoms with van der Waals surface area (Å²) in [4.78, 5) is 71.8. The highest BCUT2D eigenvalue weighted by Gasteiger charge is 2.22. The molecule has 2 amide bonds. The summed E-state index contributed by atoms with van der Waals surface area (Å²) in [6, 6.07) is 13.7. The van der Waals surface area contributed by atoms with E-state index in [9.17, 15) is 39.4 Å². The summed E-state index contributed by atoms with van der Waals surface area (Å²) in [6.07, 6.45) is -0.406. The molecular weight excluding hydrogens is 592 g/mol. The van der Waals surface area contributed by atoms with Gasteiger partial charge >= 0.3 is 18.0 Å². The summed E-state index contributed by atoms with van der Waals surface area (Å²) in [5, 5.41) is 24.5. The quantitative estimate of drug-likeness (QED) is 0.137. The molecule has 15 nitrogen and oxygen atoms in total. The van der Waals surface area contributed by atoms with Crippen LogP contribution in [0.15, 0.2) is 66.7 Å². The molecule has 0 saturated heterocycles. The molecule has 0 aromatic heterocycles. The van der Waals surface area contributed by atoms with Crippen LogP contribution in [0.1, 0.15) is 47.1 Å². The molecule has 0 heterocycles. The molecule has 0 aliphatic rings. The molecule has 0 fully saturated rings. The number of hydrogen-bond donors (Lipinski definition) is 1. The second-order valence-electron chi connectivity index (χ2n) is 10.6. The summed E-state index contributed by atoms with van der Waals surface area (Å²) >= 11 is 0. The molecule has 0 bridgehead atoms. The Bertz CT molecular complexity index is 1600. The molecule has 3 rings (SSSR count). The Kier molecular flexibility index (Phi) is 10.9. The zero-order chi connectivity index (χ0) is 33.3. The average molecular weight is 623 g/mol. The number of carbonyl (C=O) groups excluding carboxylic acids is 4. The number of nitrogens with zero attached hydrogens (tertiary/aromatic N) is 3. The smallest absolute Gasteiger partial charge is 0.410 e. The Morgan fingerprint density at radius 1 is 0.778 bits per heavy atom. The van der Waals surface area contributed by atoms with E-state index < -0.39 is 39.4 Å². The van der Waals surface area contributed by atoms with Crippen molar-refractivity contribution in [1.29, 1.82) is 0 Å². The molecule has 0 spiro atoms. The molecule has 0 saturated carbocycles. The van der Waals surface area contributed by atoms with Gasteiger partial charge in [0.05, 0.1) is 21.0 Å². The van der Waals surface area contributed by atoms with Gasteiger partial charge in [0.25, 0.3) is 11.4 Å². The second-order valence-corrected chi connectivity index (χ2v) is 10.6. The Morgan fingerprint density at radius 3 is 1.73 bits per heavy atom. The zero-order valence-electron chi connectivity index (χ0n) is 24.8. The highest BCUT2D eigenvalue weighted by atomic mass is 16.6. The summed E-state index contributed by atoms with van der Waals surface area (Å²) in [5.74, 6) is -2.54. The van der Waals surface area contributed by atoms with E-state index in [2.05, 4.69) is 5.32 Å². The van der Waals surface area contributed by atoms with Crippen molar-refractivity contribution in [1.82, 2.24) is 10.2 Å². The highest BCUT2D eigenvalue weighted by Crippen LogP contribution is 2.31. The number of amides is 2. The van der Waals surface area contributed by atoms with Gasteiger partial charge in [0.15, 0.2) is 11.5 Å². The van der Waals surface area contributed by atoms with Gasteiger partial charge in [-0.1, -0.05) is 6.07 Å². The summed E-state index contributed by atoms with van der Waals surface area (Å²) in [7, 11) is 1.43. The van der Waals surface area contributed by atoms with Crippen LogP contribution in [-0.4, -0.2) is 64.4 Å². The van der Waals surface area contributed by atoms with Crippen molar-refractivity contribution in [2.75, 3.05) is 20.1 Å². The third-order valence-electron chi connectivity index (χ3n) is 5.86. The molecule has 0 radical (unpaired) electrons. The van der Waals surface area contributed by atoms with Gasteiger partial charge < -0.3 is 24.4 Å². The maximum Gasteiger partial charge on any atom is 0.410 e. The van der Waals surface area contributed by atoms with Gasteiger partial charge in [0.1, 0.15) is 12.1 Å². The van der Waals surface area contributed by atoms with Crippen LogP contribution in [0.2, 0.25) is 0 Å². The Morgan fingerprint density at radius 2 is 1.27 bits per heavy atom. The SMILES string of the molecule is CN(CC(=O)NCCc1ccc(OC(=O)c2ccc([N+](=O)[O-])cc2)c(OC(=O)c2ccc([N+](=O)[O-])cc2)c1)C(=O)OC(C)(C)C. The maximum absolute atomic E-state index is 12.9. The van der Waals surface area contributed by atoms with Crippen molar-refractivity contribution >= 4 is 35.3 Å². The van der Waals surface area contributed by atoms with Crippen LogP contribution in [0.5, 0.6) is 11.5 Å². The first-order valence-electron chi connectivity index (χ1n) is 13.4. The molecule has 1 N–H and O–H groups in total. The van der Waals surface area contributed by atoms with Gasteiger partial charge in [-0.25, -0.2) is 14.4 Å². The average Bonchev–Trinajstić information content (AvgIpc) is 2.97. The van der Waals surface area contributed by atoms with Crippen molar-refractivity contribution in [3.63, 3.8) is 0 Å². The first-order chi connectivity index (χ1) is 21.1. The van der Waals surface area contributed by atoms with E-state index in [1.807, 2.05) is 0 Å². The lowest BCUT2D eigenvalue weighted by atomic mass is 10.1. The summed E-state index contributed by atoms with van der Waals surface area (Å²) in [5.41, 5.74) is -0.624. The van der Waals surface area contributed by atoms with E-state index in [0.29, 0.717) is 5.56 Å². The lowest BCUT2D eigenvalue weighted by Gasteiger charge is -2.24. The van der Waals surface area contributed by atoms with Gasteiger partial charge in [-0.2, -0.15) is 0 Å². The van der Waals surface area contributed by atoms with Crippen LogP contribution in [0.3, 0.4) is 0 Å².